The lowest BCUT2D eigenvalue weighted by atomic mass is 9.99. The Balaban J connectivity index is 1.65. The first-order chi connectivity index (χ1) is 15.9. The number of hydrogen-bond donors (Lipinski definition) is 1. The van der Waals surface area contributed by atoms with Crippen LogP contribution in [0.25, 0.3) is 11.0 Å². The monoisotopic (exact) mass is 516 g/mol. The molecule has 0 spiro atoms. The number of fused-ring (bicyclic) bond motifs is 3. The number of carbonyl (C=O) groups is 2. The van der Waals surface area contributed by atoms with E-state index >= 15 is 0 Å². The van der Waals surface area contributed by atoms with Gasteiger partial charge in [0.25, 0.3) is 5.91 Å². The van der Waals surface area contributed by atoms with Gasteiger partial charge >= 0.3 is 0 Å². The second-order valence-electron chi connectivity index (χ2n) is 7.91. The van der Waals surface area contributed by atoms with E-state index in [0.29, 0.717) is 22.5 Å². The second kappa shape index (κ2) is 9.44. The molecule has 0 radical (unpaired) electrons. The molecule has 1 atom stereocenters. The zero-order valence-electron chi connectivity index (χ0n) is 18.6. The molecule has 1 aliphatic heterocycles. The Morgan fingerprint density at radius 1 is 1.24 bits per heavy atom. The maximum absolute atomic E-state index is 13.6. The molecule has 8 nitrogen and oxygen atoms in total. The van der Waals surface area contributed by atoms with Crippen LogP contribution >= 0.6 is 15.9 Å². The zero-order chi connectivity index (χ0) is 23.6. The maximum Gasteiger partial charge on any atom is 0.294 e. The quantitative estimate of drug-likeness (QED) is 0.514. The molecule has 3 aromatic rings. The lowest BCUT2D eigenvalue weighted by molar-refractivity contribution is -0.133. The molecule has 1 aliphatic rings. The number of para-hydroxylation sites is 1. The SMILES string of the molecule is COCCN1C(=O)c2oc3cc(Br)ccc3c2OC[C@@]1(C)C(=O)NCc1ccccc1OC. The fraction of sp³-hybridized carbons (Fsp3) is 0.333. The van der Waals surface area contributed by atoms with Gasteiger partial charge in [-0.25, -0.2) is 0 Å². The Morgan fingerprint density at radius 2 is 2.03 bits per heavy atom. The van der Waals surface area contributed by atoms with Gasteiger partial charge in [-0.3, -0.25) is 9.59 Å². The number of hydrogen-bond acceptors (Lipinski definition) is 6. The molecule has 2 heterocycles. The van der Waals surface area contributed by atoms with Gasteiger partial charge in [-0.1, -0.05) is 34.1 Å². The molecular weight excluding hydrogens is 492 g/mol. The van der Waals surface area contributed by atoms with Crippen LogP contribution < -0.4 is 14.8 Å². The van der Waals surface area contributed by atoms with E-state index in [9.17, 15) is 9.59 Å². The molecular formula is C24H25BrN2O6. The van der Waals surface area contributed by atoms with Gasteiger partial charge < -0.3 is 28.8 Å². The van der Waals surface area contributed by atoms with Crippen molar-refractivity contribution in [1.82, 2.24) is 10.2 Å². The van der Waals surface area contributed by atoms with Crippen LogP contribution in [-0.4, -0.2) is 56.2 Å². The highest BCUT2D eigenvalue weighted by Gasteiger charge is 2.47. The zero-order valence-corrected chi connectivity index (χ0v) is 20.2. The number of furan rings is 1. The summed E-state index contributed by atoms with van der Waals surface area (Å²) >= 11 is 3.41. The summed E-state index contributed by atoms with van der Waals surface area (Å²) in [6, 6.07) is 12.9. The number of nitrogens with zero attached hydrogens (tertiary/aromatic N) is 1. The molecule has 2 aromatic carbocycles. The van der Waals surface area contributed by atoms with E-state index in [1.54, 1.807) is 27.2 Å². The molecule has 0 saturated carbocycles. The van der Waals surface area contributed by atoms with E-state index in [2.05, 4.69) is 21.2 Å². The largest absolute Gasteiger partial charge is 0.496 e. The van der Waals surface area contributed by atoms with Crippen LogP contribution in [0.15, 0.2) is 51.4 Å². The second-order valence-corrected chi connectivity index (χ2v) is 8.82. The van der Waals surface area contributed by atoms with Crippen molar-refractivity contribution in [3.05, 3.63) is 58.3 Å². The van der Waals surface area contributed by atoms with Crippen molar-refractivity contribution >= 4 is 38.7 Å². The number of rotatable bonds is 7. The van der Waals surface area contributed by atoms with Crippen LogP contribution in [0.4, 0.5) is 0 Å². The molecule has 0 bridgehead atoms. The summed E-state index contributed by atoms with van der Waals surface area (Å²) in [5, 5.41) is 3.60. The first-order valence-corrected chi connectivity index (χ1v) is 11.2. The fourth-order valence-electron chi connectivity index (χ4n) is 3.90. The Labute approximate surface area is 199 Å². The van der Waals surface area contributed by atoms with Gasteiger partial charge in [0.2, 0.25) is 11.7 Å². The predicted octanol–water partition coefficient (Wildman–Crippen LogP) is 3.76. The molecule has 4 rings (SSSR count). The summed E-state index contributed by atoms with van der Waals surface area (Å²) in [6.45, 7) is 2.33. The average Bonchev–Trinajstić information content (AvgIpc) is 3.14. The van der Waals surface area contributed by atoms with Crippen LogP contribution in [-0.2, 0) is 16.1 Å². The highest BCUT2D eigenvalue weighted by molar-refractivity contribution is 9.10. The highest BCUT2D eigenvalue weighted by atomic mass is 79.9. The van der Waals surface area contributed by atoms with Gasteiger partial charge in [0.05, 0.1) is 19.1 Å². The summed E-state index contributed by atoms with van der Waals surface area (Å²) in [7, 11) is 3.12. The summed E-state index contributed by atoms with van der Waals surface area (Å²) < 4.78 is 23.3. The molecule has 0 saturated heterocycles. The molecule has 0 unspecified atom stereocenters. The van der Waals surface area contributed by atoms with Crippen molar-refractivity contribution in [2.45, 2.75) is 19.0 Å². The minimum Gasteiger partial charge on any atom is -0.496 e. The molecule has 2 amide bonds. The van der Waals surface area contributed by atoms with E-state index < -0.39 is 11.4 Å². The smallest absolute Gasteiger partial charge is 0.294 e. The van der Waals surface area contributed by atoms with Gasteiger partial charge in [0.1, 0.15) is 17.9 Å². The van der Waals surface area contributed by atoms with Crippen molar-refractivity contribution in [1.29, 1.82) is 0 Å². The summed E-state index contributed by atoms with van der Waals surface area (Å²) in [5.74, 6) is 0.299. The standard InChI is InChI=1S/C24H25BrN2O6/c1-24(23(29)26-13-15-6-4-5-7-18(15)31-3)14-32-20-17-9-8-16(25)12-19(17)33-21(20)22(28)27(24)10-11-30-2/h4-9,12H,10-11,13-14H2,1-3H3,(H,26,29)/t24-/m0/s1. The van der Waals surface area contributed by atoms with Crippen molar-refractivity contribution < 1.29 is 28.2 Å². The average molecular weight is 517 g/mol. The van der Waals surface area contributed by atoms with Gasteiger partial charge in [-0.2, -0.15) is 0 Å². The lowest BCUT2D eigenvalue weighted by Crippen LogP contribution is -2.61. The molecule has 174 valence electrons. The van der Waals surface area contributed by atoms with E-state index in [1.165, 1.54) is 4.90 Å². The molecule has 1 N–H and O–H groups in total. The van der Waals surface area contributed by atoms with Crippen LogP contribution in [0, 0.1) is 0 Å². The van der Waals surface area contributed by atoms with E-state index in [4.69, 9.17) is 18.6 Å². The third-order valence-electron chi connectivity index (χ3n) is 5.78. The summed E-state index contributed by atoms with van der Waals surface area (Å²) in [6.07, 6.45) is 0. The summed E-state index contributed by atoms with van der Waals surface area (Å²) in [4.78, 5) is 28.5. The van der Waals surface area contributed by atoms with Gasteiger partial charge in [-0.05, 0) is 31.2 Å². The van der Waals surface area contributed by atoms with Crippen LogP contribution in [0.1, 0.15) is 23.0 Å². The van der Waals surface area contributed by atoms with Crippen LogP contribution in [0.5, 0.6) is 11.5 Å². The number of amides is 2. The van der Waals surface area contributed by atoms with Crippen molar-refractivity contribution in [3.8, 4) is 11.5 Å². The first kappa shape index (κ1) is 23.1. The number of carbonyl (C=O) groups excluding carboxylic acids is 2. The fourth-order valence-corrected chi connectivity index (χ4v) is 4.24. The van der Waals surface area contributed by atoms with Gasteiger partial charge in [0.15, 0.2) is 11.3 Å². The predicted molar refractivity (Wildman–Crippen MR) is 126 cm³/mol. The number of halogens is 1. The first-order valence-electron chi connectivity index (χ1n) is 10.4. The maximum atomic E-state index is 13.6. The molecule has 9 heteroatoms. The third kappa shape index (κ3) is 4.30. The summed E-state index contributed by atoms with van der Waals surface area (Å²) in [5.41, 5.74) is 0.0595. The molecule has 33 heavy (non-hydrogen) atoms. The van der Waals surface area contributed by atoms with Crippen LogP contribution in [0.2, 0.25) is 0 Å². The van der Waals surface area contributed by atoms with Crippen molar-refractivity contribution in [3.63, 3.8) is 0 Å². The topological polar surface area (TPSA) is 90.2 Å². The third-order valence-corrected chi connectivity index (χ3v) is 6.27. The number of benzene rings is 2. The molecule has 0 aliphatic carbocycles. The van der Waals surface area contributed by atoms with E-state index in [1.807, 2.05) is 36.4 Å². The number of ether oxygens (including phenoxy) is 3. The Morgan fingerprint density at radius 3 is 2.79 bits per heavy atom. The Hall–Kier alpha value is -3.04. The molecule has 0 fully saturated rings. The van der Waals surface area contributed by atoms with E-state index in [-0.39, 0.29) is 38.0 Å². The Bertz CT molecular complexity index is 1190. The van der Waals surface area contributed by atoms with Gasteiger partial charge in [-0.15, -0.1) is 0 Å². The van der Waals surface area contributed by atoms with E-state index in [0.717, 1.165) is 10.0 Å². The highest BCUT2D eigenvalue weighted by Crippen LogP contribution is 2.39. The van der Waals surface area contributed by atoms with Gasteiger partial charge in [0, 0.05) is 30.2 Å². The molecule has 1 aromatic heterocycles. The minimum atomic E-state index is -1.29. The van der Waals surface area contributed by atoms with Crippen LogP contribution in [0.3, 0.4) is 0 Å². The lowest BCUT2D eigenvalue weighted by Gasteiger charge is -2.37. The number of nitrogens with one attached hydrogen (secondary N) is 1. The normalized spacial score (nSPS) is 17.9. The van der Waals surface area contributed by atoms with Crippen molar-refractivity contribution in [2.24, 2.45) is 0 Å². The van der Waals surface area contributed by atoms with Crippen molar-refractivity contribution in [2.75, 3.05) is 34.0 Å². The Kier molecular flexibility index (Phi) is 6.62. The number of methoxy groups -OCH3 is 2. The minimum absolute atomic E-state index is 0.0437.